The van der Waals surface area contributed by atoms with Crippen LogP contribution < -0.4 is 10.2 Å². The fourth-order valence-corrected chi connectivity index (χ4v) is 1.74. The lowest BCUT2D eigenvalue weighted by atomic mass is 9.79. The molecule has 0 fully saturated rings. The summed E-state index contributed by atoms with van der Waals surface area (Å²) in [5.41, 5.74) is 0.482. The van der Waals surface area contributed by atoms with Gasteiger partial charge in [0.2, 0.25) is 0 Å². The molecule has 0 saturated heterocycles. The van der Waals surface area contributed by atoms with E-state index in [-0.39, 0.29) is 0 Å². The first-order valence-electron chi connectivity index (χ1n) is 5.72. The van der Waals surface area contributed by atoms with Gasteiger partial charge in [-0.05, 0) is 28.4 Å². The highest BCUT2D eigenvalue weighted by molar-refractivity contribution is 6.58. The van der Waals surface area contributed by atoms with Gasteiger partial charge < -0.3 is 19.5 Å². The van der Waals surface area contributed by atoms with Crippen molar-refractivity contribution < 1.29 is 19.5 Å². The van der Waals surface area contributed by atoms with Crippen molar-refractivity contribution in [3.63, 3.8) is 0 Å². The Morgan fingerprint density at radius 1 is 1.00 bits per heavy atom. The average Bonchev–Trinajstić information content (AvgIpc) is 2.38. The van der Waals surface area contributed by atoms with Gasteiger partial charge in [0.05, 0.1) is 6.61 Å². The van der Waals surface area contributed by atoms with Crippen molar-refractivity contribution in [3.05, 3.63) is 36.4 Å². The Hall–Kier alpha value is -1.56. The molecule has 2 aromatic carbocycles. The van der Waals surface area contributed by atoms with Crippen LogP contribution in [0.5, 0.6) is 5.75 Å². The highest BCUT2D eigenvalue weighted by atomic mass is 16.5. The molecule has 0 atom stereocenters. The Labute approximate surface area is 106 Å². The summed E-state index contributed by atoms with van der Waals surface area (Å²) in [6.07, 6.45) is 0. The van der Waals surface area contributed by atoms with Crippen LogP contribution in [0.25, 0.3) is 10.8 Å². The second kappa shape index (κ2) is 5.86. The SMILES string of the molecule is COCCOc1ccc2cc(B(O)O)ccc2c1. The summed E-state index contributed by atoms with van der Waals surface area (Å²) in [7, 11) is 0.192. The maximum Gasteiger partial charge on any atom is 0.488 e. The predicted molar refractivity (Wildman–Crippen MR) is 71.1 cm³/mol. The molecular weight excluding hydrogens is 231 g/mol. The number of hydrogen-bond acceptors (Lipinski definition) is 4. The molecule has 0 heterocycles. The van der Waals surface area contributed by atoms with E-state index in [0.29, 0.717) is 18.7 Å². The van der Waals surface area contributed by atoms with E-state index in [0.717, 1.165) is 16.5 Å². The van der Waals surface area contributed by atoms with Crippen molar-refractivity contribution in [2.75, 3.05) is 20.3 Å². The van der Waals surface area contributed by atoms with Gasteiger partial charge >= 0.3 is 7.12 Å². The molecular formula is C13H15BO4. The Morgan fingerprint density at radius 3 is 2.44 bits per heavy atom. The molecule has 2 aromatic rings. The van der Waals surface area contributed by atoms with E-state index in [4.69, 9.17) is 19.5 Å². The van der Waals surface area contributed by atoms with Gasteiger partial charge in [-0.2, -0.15) is 0 Å². The highest BCUT2D eigenvalue weighted by Gasteiger charge is 2.10. The molecule has 0 radical (unpaired) electrons. The topological polar surface area (TPSA) is 58.9 Å². The van der Waals surface area contributed by atoms with E-state index in [9.17, 15) is 0 Å². The summed E-state index contributed by atoms with van der Waals surface area (Å²) < 4.78 is 10.4. The standard InChI is InChI=1S/C13H15BO4/c1-17-6-7-18-13-5-3-10-8-12(14(15)16)4-2-11(10)9-13/h2-5,8-9,15-16H,6-7H2,1H3. The zero-order valence-electron chi connectivity index (χ0n) is 10.2. The summed E-state index contributed by atoms with van der Waals surface area (Å²) in [4.78, 5) is 0. The summed E-state index contributed by atoms with van der Waals surface area (Å²) in [6.45, 7) is 1.06. The van der Waals surface area contributed by atoms with E-state index < -0.39 is 7.12 Å². The molecule has 0 saturated carbocycles. The van der Waals surface area contributed by atoms with Crippen molar-refractivity contribution in [3.8, 4) is 5.75 Å². The smallest absolute Gasteiger partial charge is 0.488 e. The fraction of sp³-hybridized carbons (Fsp3) is 0.231. The van der Waals surface area contributed by atoms with Crippen LogP contribution in [0.1, 0.15) is 0 Å². The van der Waals surface area contributed by atoms with Crippen LogP contribution in [0, 0.1) is 0 Å². The predicted octanol–water partition coefficient (Wildman–Crippen LogP) is 0.545. The van der Waals surface area contributed by atoms with Gasteiger partial charge in [-0.15, -0.1) is 0 Å². The molecule has 0 unspecified atom stereocenters. The van der Waals surface area contributed by atoms with E-state index in [1.807, 2.05) is 24.3 Å². The van der Waals surface area contributed by atoms with Gasteiger partial charge in [-0.25, -0.2) is 0 Å². The molecule has 4 nitrogen and oxygen atoms in total. The minimum Gasteiger partial charge on any atom is -0.491 e. The second-order valence-electron chi connectivity index (χ2n) is 3.98. The summed E-state index contributed by atoms with van der Waals surface area (Å²) >= 11 is 0. The van der Waals surface area contributed by atoms with Crippen LogP contribution in [-0.4, -0.2) is 37.5 Å². The van der Waals surface area contributed by atoms with Crippen LogP contribution in [0.15, 0.2) is 36.4 Å². The molecule has 0 aliphatic heterocycles. The molecule has 0 aromatic heterocycles. The number of fused-ring (bicyclic) bond motifs is 1. The number of hydrogen-bond donors (Lipinski definition) is 2. The molecule has 2 N–H and O–H groups in total. The van der Waals surface area contributed by atoms with Gasteiger partial charge in [0, 0.05) is 7.11 Å². The number of rotatable bonds is 5. The Morgan fingerprint density at radius 2 is 1.72 bits per heavy atom. The second-order valence-corrected chi connectivity index (χ2v) is 3.98. The third-order valence-corrected chi connectivity index (χ3v) is 2.69. The molecule has 0 amide bonds. The lowest BCUT2D eigenvalue weighted by Crippen LogP contribution is -2.29. The molecule has 0 bridgehead atoms. The van der Waals surface area contributed by atoms with Gasteiger partial charge in [0.15, 0.2) is 0 Å². The molecule has 5 heteroatoms. The normalized spacial score (nSPS) is 10.6. The minimum absolute atomic E-state index is 0.482. The van der Waals surface area contributed by atoms with Crippen molar-refractivity contribution in [2.45, 2.75) is 0 Å². The van der Waals surface area contributed by atoms with E-state index in [2.05, 4.69) is 0 Å². The number of benzene rings is 2. The summed E-state index contributed by atoms with van der Waals surface area (Å²) in [6, 6.07) is 10.9. The van der Waals surface area contributed by atoms with E-state index in [1.165, 1.54) is 0 Å². The zero-order chi connectivity index (χ0) is 13.0. The van der Waals surface area contributed by atoms with Crippen molar-refractivity contribution in [2.24, 2.45) is 0 Å². The average molecular weight is 246 g/mol. The molecule has 0 aliphatic carbocycles. The van der Waals surface area contributed by atoms with Crippen molar-refractivity contribution >= 4 is 23.4 Å². The van der Waals surface area contributed by atoms with Crippen LogP contribution >= 0.6 is 0 Å². The van der Waals surface area contributed by atoms with Crippen molar-refractivity contribution in [1.82, 2.24) is 0 Å². The zero-order valence-corrected chi connectivity index (χ0v) is 10.2. The van der Waals surface area contributed by atoms with Gasteiger partial charge in [0.25, 0.3) is 0 Å². The van der Waals surface area contributed by atoms with Crippen LogP contribution in [0.4, 0.5) is 0 Å². The number of ether oxygens (including phenoxy) is 2. The molecule has 18 heavy (non-hydrogen) atoms. The van der Waals surface area contributed by atoms with Crippen LogP contribution in [0.2, 0.25) is 0 Å². The van der Waals surface area contributed by atoms with Crippen LogP contribution in [-0.2, 0) is 4.74 Å². The molecule has 0 aliphatic rings. The van der Waals surface area contributed by atoms with Gasteiger partial charge in [-0.3, -0.25) is 0 Å². The summed E-state index contributed by atoms with van der Waals surface area (Å²) in [5.74, 6) is 0.775. The summed E-state index contributed by atoms with van der Waals surface area (Å²) in [5, 5.41) is 20.1. The third-order valence-electron chi connectivity index (χ3n) is 2.69. The Balaban J connectivity index is 2.21. The lowest BCUT2D eigenvalue weighted by Gasteiger charge is -2.07. The first kappa shape index (κ1) is 12.9. The molecule has 2 rings (SSSR count). The fourth-order valence-electron chi connectivity index (χ4n) is 1.74. The quantitative estimate of drug-likeness (QED) is 0.597. The van der Waals surface area contributed by atoms with Crippen LogP contribution in [0.3, 0.4) is 0 Å². The maximum absolute atomic E-state index is 9.10. The van der Waals surface area contributed by atoms with E-state index >= 15 is 0 Å². The first-order valence-corrected chi connectivity index (χ1v) is 5.72. The highest BCUT2D eigenvalue weighted by Crippen LogP contribution is 2.20. The minimum atomic E-state index is -1.44. The van der Waals surface area contributed by atoms with E-state index in [1.54, 1.807) is 19.2 Å². The third kappa shape index (κ3) is 3.01. The Bertz CT molecular complexity index is 527. The first-order chi connectivity index (χ1) is 8.70. The molecule has 0 spiro atoms. The van der Waals surface area contributed by atoms with Crippen molar-refractivity contribution in [1.29, 1.82) is 0 Å². The number of methoxy groups -OCH3 is 1. The lowest BCUT2D eigenvalue weighted by molar-refractivity contribution is 0.146. The maximum atomic E-state index is 9.10. The monoisotopic (exact) mass is 246 g/mol. The largest absolute Gasteiger partial charge is 0.491 e. The Kier molecular flexibility index (Phi) is 4.20. The van der Waals surface area contributed by atoms with Gasteiger partial charge in [0.1, 0.15) is 12.4 Å². The van der Waals surface area contributed by atoms with Gasteiger partial charge in [-0.1, -0.05) is 24.3 Å². The molecule has 94 valence electrons.